The molecule has 0 aliphatic carbocycles. The summed E-state index contributed by atoms with van der Waals surface area (Å²) in [5.41, 5.74) is 0.323. The smallest absolute Gasteiger partial charge is 0.405 e. The second kappa shape index (κ2) is 13.1. The van der Waals surface area contributed by atoms with Gasteiger partial charge in [0, 0.05) is 11.1 Å². The summed E-state index contributed by atoms with van der Waals surface area (Å²) in [6.07, 6.45) is -9.10. The molecular weight excluding hydrogens is 546 g/mol. The maximum absolute atomic E-state index is 12.5. The Labute approximate surface area is 217 Å². The first-order chi connectivity index (χ1) is 17.2. The van der Waals surface area contributed by atoms with Crippen LogP contribution in [0.4, 0.5) is 26.3 Å². The third-order valence-electron chi connectivity index (χ3n) is 4.06. The molecule has 0 saturated carbocycles. The summed E-state index contributed by atoms with van der Waals surface area (Å²) < 4.78 is 74.9. The first-order valence-corrected chi connectivity index (χ1v) is 10.8. The molecule has 3 N–H and O–H groups in total. The Kier molecular flexibility index (Phi) is 10.5. The van der Waals surface area contributed by atoms with Crippen molar-refractivity contribution in [3.63, 3.8) is 0 Å². The van der Waals surface area contributed by atoms with E-state index in [1.54, 1.807) is 30.3 Å². The van der Waals surface area contributed by atoms with Gasteiger partial charge in [0.1, 0.15) is 24.5 Å². The minimum absolute atomic E-state index is 0.0651. The van der Waals surface area contributed by atoms with E-state index in [4.69, 9.17) is 5.11 Å². The lowest BCUT2D eigenvalue weighted by atomic mass is 9.99. The number of halogens is 6. The summed E-state index contributed by atoms with van der Waals surface area (Å²) in [5, 5.41) is 27.2. The summed E-state index contributed by atoms with van der Waals surface area (Å²) in [6.45, 7) is -2.87. The molecule has 0 radical (unpaired) electrons. The molecule has 0 aliphatic rings. The van der Waals surface area contributed by atoms with Crippen LogP contribution in [0.3, 0.4) is 0 Å². The third-order valence-corrected chi connectivity index (χ3v) is 4.56. The van der Waals surface area contributed by atoms with Crippen molar-refractivity contribution in [2.24, 2.45) is 20.4 Å². The van der Waals surface area contributed by atoms with E-state index < -0.39 is 41.7 Å². The molecule has 2 rings (SSSR count). The predicted octanol–water partition coefficient (Wildman–Crippen LogP) is 4.37. The number of aromatic carboxylic acids is 1. The number of rotatable bonds is 8. The highest BCUT2D eigenvalue weighted by Gasteiger charge is 2.27. The number of carboxylic acids is 1. The maximum Gasteiger partial charge on any atom is 0.405 e. The van der Waals surface area contributed by atoms with Gasteiger partial charge in [-0.05, 0) is 12.1 Å². The fourth-order valence-electron chi connectivity index (χ4n) is 2.47. The van der Waals surface area contributed by atoms with Crippen molar-refractivity contribution in [3.05, 3.63) is 71.3 Å². The maximum atomic E-state index is 12.5. The molecule has 2 aromatic carbocycles. The van der Waals surface area contributed by atoms with Gasteiger partial charge in [-0.15, -0.1) is 45.7 Å². The summed E-state index contributed by atoms with van der Waals surface area (Å²) >= 11 is 7.66. The van der Waals surface area contributed by atoms with Gasteiger partial charge >= 0.3 is 18.3 Å². The van der Waals surface area contributed by atoms with Crippen molar-refractivity contribution in [1.82, 2.24) is 10.6 Å². The van der Waals surface area contributed by atoms with Crippen molar-refractivity contribution >= 4 is 53.0 Å². The molecule has 0 amide bonds. The topological polar surface area (TPSA) is 111 Å². The number of hydrogen-bond acceptors (Lipinski definition) is 5. The molecule has 0 bridgehead atoms. The molecule has 0 heterocycles. The number of nitrogens with zero attached hydrogens (tertiary/aromatic N) is 4. The zero-order valence-electron chi connectivity index (χ0n) is 18.4. The van der Waals surface area contributed by atoms with Crippen molar-refractivity contribution in [1.29, 1.82) is 0 Å². The highest BCUT2D eigenvalue weighted by molar-refractivity contribution is 7.97. The number of carbonyl (C=O) groups is 1. The number of carboxylic acid groups (broad SMARTS) is 1. The molecule has 0 aliphatic heterocycles. The largest absolute Gasteiger partial charge is 0.478 e. The molecule has 2 aromatic rings. The predicted molar refractivity (Wildman–Crippen MR) is 134 cm³/mol. The van der Waals surface area contributed by atoms with E-state index >= 15 is 0 Å². The van der Waals surface area contributed by atoms with Crippen molar-refractivity contribution in [2.45, 2.75) is 12.4 Å². The molecule has 0 aromatic heterocycles. The average molecular weight is 565 g/mol. The minimum atomic E-state index is -4.56. The lowest BCUT2D eigenvalue weighted by Crippen LogP contribution is -2.31. The van der Waals surface area contributed by atoms with Crippen LogP contribution >= 0.6 is 25.3 Å². The van der Waals surface area contributed by atoms with Crippen LogP contribution in [-0.2, 0) is 0 Å². The summed E-state index contributed by atoms with van der Waals surface area (Å²) in [4.78, 5) is 11.2. The van der Waals surface area contributed by atoms with E-state index in [2.05, 4.69) is 45.7 Å². The van der Waals surface area contributed by atoms with Crippen LogP contribution in [0.25, 0.3) is 0 Å². The Morgan fingerprint density at radius 3 is 1.43 bits per heavy atom. The molecule has 0 spiro atoms. The second-order valence-corrected chi connectivity index (χ2v) is 7.78. The minimum Gasteiger partial charge on any atom is -0.478 e. The first-order valence-electron chi connectivity index (χ1n) is 9.95. The number of alkyl halides is 6. The zero-order valence-corrected chi connectivity index (χ0v) is 20.2. The Morgan fingerprint density at radius 2 is 1.05 bits per heavy atom. The van der Waals surface area contributed by atoms with Crippen molar-refractivity contribution in [3.8, 4) is 0 Å². The standard InChI is InChI=1S/C21H18F6N6O2S2/c22-20(23,24)10-28-18(36)32-30-15(12-4-2-1-3-5-12)16(13-6-8-14(9-7-13)17(34)35)31-33-19(37)29-11-21(25,26)27/h1-9H,10-11H2,(H,34,35)(H2,28,32,36)(H2,29,33,37)/b30-15+,31-16+. The molecule has 198 valence electrons. The van der Waals surface area contributed by atoms with Crippen LogP contribution in [0.1, 0.15) is 21.5 Å². The molecule has 0 atom stereocenters. The van der Waals surface area contributed by atoms with Crippen LogP contribution in [0.2, 0.25) is 0 Å². The van der Waals surface area contributed by atoms with E-state index in [0.29, 0.717) is 5.56 Å². The fraction of sp³-hybridized carbons (Fsp3) is 0.190. The van der Waals surface area contributed by atoms with Gasteiger partial charge in [0.05, 0.1) is 5.56 Å². The summed E-state index contributed by atoms with van der Waals surface area (Å²) in [6, 6.07) is 13.2. The van der Waals surface area contributed by atoms with Crippen molar-refractivity contribution in [2.75, 3.05) is 13.1 Å². The van der Waals surface area contributed by atoms with Gasteiger partial charge in [-0.2, -0.15) is 26.3 Å². The number of thiol groups is 2. The number of nitrogens with one attached hydrogen (secondary N) is 2. The van der Waals surface area contributed by atoms with Crippen LogP contribution < -0.4 is 10.6 Å². The van der Waals surface area contributed by atoms with Crippen LogP contribution in [0.15, 0.2) is 75.0 Å². The van der Waals surface area contributed by atoms with E-state index in [9.17, 15) is 31.1 Å². The fourth-order valence-corrected chi connectivity index (χ4v) is 2.72. The Balaban J connectivity index is 2.61. The number of hydrogen-bond donors (Lipinski definition) is 5. The zero-order chi connectivity index (χ0) is 27.6. The van der Waals surface area contributed by atoms with Gasteiger partial charge in [0.15, 0.2) is 10.3 Å². The molecule has 8 nitrogen and oxygen atoms in total. The highest BCUT2D eigenvalue weighted by Crippen LogP contribution is 2.15. The Morgan fingerprint density at radius 1 is 0.676 bits per heavy atom. The van der Waals surface area contributed by atoms with Crippen LogP contribution in [0, 0.1) is 0 Å². The van der Waals surface area contributed by atoms with Gasteiger partial charge < -0.3 is 15.7 Å². The van der Waals surface area contributed by atoms with Gasteiger partial charge in [0.2, 0.25) is 0 Å². The molecular formula is C21H18F6N6O2S2. The second-order valence-electron chi connectivity index (χ2n) is 6.93. The molecule has 37 heavy (non-hydrogen) atoms. The monoisotopic (exact) mass is 564 g/mol. The number of amidine groups is 2. The molecule has 16 heteroatoms. The van der Waals surface area contributed by atoms with E-state index in [1.807, 2.05) is 10.6 Å². The van der Waals surface area contributed by atoms with Gasteiger partial charge in [0.25, 0.3) is 0 Å². The highest BCUT2D eigenvalue weighted by atomic mass is 32.1. The summed E-state index contributed by atoms with van der Waals surface area (Å²) in [5.74, 6) is -1.21. The molecule has 0 saturated heterocycles. The lowest BCUT2D eigenvalue weighted by Gasteiger charge is -2.11. The van der Waals surface area contributed by atoms with Crippen molar-refractivity contribution < 1.29 is 36.2 Å². The lowest BCUT2D eigenvalue weighted by molar-refractivity contribution is -0.122. The normalized spacial score (nSPS) is 13.9. The quantitative estimate of drug-likeness (QED) is 0.108. The first kappa shape index (κ1) is 29.7. The van der Waals surface area contributed by atoms with E-state index in [-0.39, 0.29) is 22.6 Å². The van der Waals surface area contributed by atoms with Crippen LogP contribution in [0.5, 0.6) is 0 Å². The van der Waals surface area contributed by atoms with Gasteiger partial charge in [-0.3, -0.25) is 0 Å². The average Bonchev–Trinajstić information content (AvgIpc) is 2.83. The number of benzene rings is 2. The van der Waals surface area contributed by atoms with E-state index in [1.165, 1.54) is 24.3 Å². The third kappa shape index (κ3) is 10.9. The van der Waals surface area contributed by atoms with Crippen LogP contribution in [-0.4, -0.2) is 58.3 Å². The molecule has 0 unspecified atom stereocenters. The summed E-state index contributed by atoms with van der Waals surface area (Å²) in [7, 11) is 0. The SMILES string of the molecule is O=C(O)c1ccc(C(=N\N=C(/S)NCC(F)(F)F)/C(=N/N=C(\S)NCC(F)(F)F)c2ccccc2)cc1. The molecule has 0 fully saturated rings. The Bertz CT molecular complexity index is 1200. The van der Waals surface area contributed by atoms with E-state index in [0.717, 1.165) is 0 Å². The van der Waals surface area contributed by atoms with Gasteiger partial charge in [-0.1, -0.05) is 42.5 Å². The van der Waals surface area contributed by atoms with Gasteiger partial charge in [-0.25, -0.2) is 4.79 Å². The Hall–Kier alpha value is -3.53.